The molecule has 0 saturated carbocycles. The SMILES string of the molecule is CCCc1nc2c(C)cc(-c3nc4ccccc4n3C)cc2n1Cc1ccc(-c2ccccc2C(=O)O)cc1.Fc1ccccc1C1=NCC(=S)N(CC(F)(F)F)c2ccc(Cl)cc21. The maximum absolute atomic E-state index is 14.2. The third kappa shape index (κ3) is 9.04. The molecule has 9 rings (SSSR count). The molecule has 0 fully saturated rings. The summed E-state index contributed by atoms with van der Waals surface area (Å²) < 4.78 is 57.6. The number of aliphatic imine (C=N–C) groups is 1. The fraction of sp³-hybridized carbons (Fsp3) is 0.180. The number of thiocarbonyl (C=S) groups is 1. The number of hydrogen-bond donors (Lipinski definition) is 1. The molecule has 0 saturated heterocycles. The largest absolute Gasteiger partial charge is 0.478 e. The van der Waals surface area contributed by atoms with Crippen LogP contribution in [0.25, 0.3) is 44.6 Å². The number of aromatic nitrogens is 4. The molecule has 0 aliphatic carbocycles. The highest BCUT2D eigenvalue weighted by molar-refractivity contribution is 7.80. The zero-order valence-electron chi connectivity index (χ0n) is 35.0. The van der Waals surface area contributed by atoms with E-state index in [1.54, 1.807) is 18.2 Å². The summed E-state index contributed by atoms with van der Waals surface area (Å²) in [6, 6.07) is 38.2. The maximum atomic E-state index is 14.2. The van der Waals surface area contributed by atoms with E-state index >= 15 is 0 Å². The first-order valence-electron chi connectivity index (χ1n) is 20.5. The molecule has 64 heavy (non-hydrogen) atoms. The average Bonchev–Trinajstić information content (AvgIpc) is 3.76. The molecule has 1 aliphatic rings. The van der Waals surface area contributed by atoms with Gasteiger partial charge in [-0.1, -0.05) is 97.5 Å². The smallest absolute Gasteiger partial charge is 0.406 e. The Balaban J connectivity index is 0.000000193. The molecule has 0 atom stereocenters. The predicted molar refractivity (Wildman–Crippen MR) is 250 cm³/mol. The van der Waals surface area contributed by atoms with Crippen molar-refractivity contribution in [3.05, 3.63) is 172 Å². The fourth-order valence-corrected chi connectivity index (χ4v) is 8.48. The Hall–Kier alpha value is -6.70. The van der Waals surface area contributed by atoms with E-state index in [9.17, 15) is 27.5 Å². The minimum atomic E-state index is -4.45. The molecule has 3 heterocycles. The van der Waals surface area contributed by atoms with Crippen LogP contribution in [-0.2, 0) is 20.0 Å². The number of benzodiazepines with no additional fused rings is 1. The number of fused-ring (bicyclic) bond motifs is 3. The maximum Gasteiger partial charge on any atom is 0.406 e. The van der Waals surface area contributed by atoms with Crippen molar-refractivity contribution in [2.45, 2.75) is 39.4 Å². The van der Waals surface area contributed by atoms with E-state index in [1.807, 2.05) is 42.5 Å². The van der Waals surface area contributed by atoms with Gasteiger partial charge in [-0.3, -0.25) is 4.99 Å². The topological polar surface area (TPSA) is 88.5 Å². The Morgan fingerprint density at radius 1 is 0.828 bits per heavy atom. The normalized spacial score (nSPS) is 12.8. The van der Waals surface area contributed by atoms with Gasteiger partial charge in [-0.15, -0.1) is 0 Å². The number of carbonyl (C=O) groups is 1. The van der Waals surface area contributed by atoms with Crippen molar-refractivity contribution in [2.75, 3.05) is 18.0 Å². The molecule has 324 valence electrons. The zero-order valence-corrected chi connectivity index (χ0v) is 36.6. The molecule has 0 unspecified atom stereocenters. The number of halogens is 5. The van der Waals surface area contributed by atoms with Crippen molar-refractivity contribution in [3.63, 3.8) is 0 Å². The van der Waals surface area contributed by atoms with Crippen molar-refractivity contribution in [3.8, 4) is 22.5 Å². The minimum absolute atomic E-state index is 0.00670. The van der Waals surface area contributed by atoms with Crippen molar-refractivity contribution >= 4 is 68.2 Å². The molecule has 2 aromatic heterocycles. The first-order chi connectivity index (χ1) is 30.7. The number of benzene rings is 6. The second kappa shape index (κ2) is 18.2. The molecule has 0 spiro atoms. The van der Waals surface area contributed by atoms with Crippen LogP contribution >= 0.6 is 23.8 Å². The van der Waals surface area contributed by atoms with Crippen LogP contribution < -0.4 is 4.90 Å². The number of hydrogen-bond acceptors (Lipinski definition) is 5. The molecule has 14 heteroatoms. The summed E-state index contributed by atoms with van der Waals surface area (Å²) in [4.78, 5) is 27.0. The Morgan fingerprint density at radius 3 is 2.23 bits per heavy atom. The van der Waals surface area contributed by atoms with E-state index in [0.717, 1.165) is 79.3 Å². The molecule has 8 nitrogen and oxygen atoms in total. The van der Waals surface area contributed by atoms with E-state index < -0.39 is 24.5 Å². The summed E-state index contributed by atoms with van der Waals surface area (Å²) in [7, 11) is 2.06. The van der Waals surface area contributed by atoms with Gasteiger partial charge in [-0.05, 0) is 96.3 Å². The first-order valence-corrected chi connectivity index (χ1v) is 21.3. The third-order valence-electron chi connectivity index (χ3n) is 11.1. The van der Waals surface area contributed by atoms with Gasteiger partial charge in [0, 0.05) is 41.7 Å². The number of carboxylic acids is 1. The molecule has 0 amide bonds. The average molecular weight is 901 g/mol. The van der Waals surface area contributed by atoms with Crippen LogP contribution in [0.1, 0.15) is 51.8 Å². The lowest BCUT2D eigenvalue weighted by molar-refractivity contribution is -0.117. The van der Waals surface area contributed by atoms with Crippen molar-refractivity contribution < 1.29 is 27.5 Å². The molecule has 1 N–H and O–H groups in total. The van der Waals surface area contributed by atoms with Gasteiger partial charge in [0.1, 0.15) is 29.0 Å². The lowest BCUT2D eigenvalue weighted by atomic mass is 9.98. The second-order valence-electron chi connectivity index (χ2n) is 15.5. The van der Waals surface area contributed by atoms with Crippen molar-refractivity contribution in [1.29, 1.82) is 0 Å². The van der Waals surface area contributed by atoms with Crippen LogP contribution in [0.2, 0.25) is 5.02 Å². The molecule has 0 radical (unpaired) electrons. The van der Waals surface area contributed by atoms with Crippen LogP contribution in [0.4, 0.5) is 23.2 Å². The highest BCUT2D eigenvalue weighted by atomic mass is 35.5. The number of imidazole rings is 2. The number of carboxylic acid groups (broad SMARTS) is 1. The van der Waals surface area contributed by atoms with Gasteiger partial charge in [0.2, 0.25) is 0 Å². The predicted octanol–water partition coefficient (Wildman–Crippen LogP) is 12.3. The molecular formula is C50H41ClF4N6O2S. The van der Waals surface area contributed by atoms with Crippen LogP contribution in [0.5, 0.6) is 0 Å². The summed E-state index contributed by atoms with van der Waals surface area (Å²) in [5.41, 5.74) is 10.4. The summed E-state index contributed by atoms with van der Waals surface area (Å²) in [6.07, 6.45) is -2.56. The molecule has 0 bridgehead atoms. The number of aryl methyl sites for hydroxylation is 3. The first kappa shape index (κ1) is 43.9. The van der Waals surface area contributed by atoms with E-state index in [2.05, 4.69) is 65.4 Å². The number of para-hydroxylation sites is 2. The van der Waals surface area contributed by atoms with E-state index in [-0.39, 0.29) is 28.5 Å². The van der Waals surface area contributed by atoms with Gasteiger partial charge in [0.25, 0.3) is 0 Å². The monoisotopic (exact) mass is 900 g/mol. The van der Waals surface area contributed by atoms with Gasteiger partial charge in [-0.25, -0.2) is 19.2 Å². The Morgan fingerprint density at radius 2 is 1.53 bits per heavy atom. The lowest BCUT2D eigenvalue weighted by Crippen LogP contribution is -2.39. The second-order valence-corrected chi connectivity index (χ2v) is 16.4. The number of alkyl halides is 3. The Kier molecular flexibility index (Phi) is 12.5. The molecular weight excluding hydrogens is 860 g/mol. The van der Waals surface area contributed by atoms with Crippen LogP contribution in [0.3, 0.4) is 0 Å². The summed E-state index contributed by atoms with van der Waals surface area (Å²) in [5, 5.41) is 9.91. The summed E-state index contributed by atoms with van der Waals surface area (Å²) in [5.74, 6) is 0.559. The van der Waals surface area contributed by atoms with E-state index in [1.165, 1.54) is 36.4 Å². The highest BCUT2D eigenvalue weighted by Gasteiger charge is 2.35. The summed E-state index contributed by atoms with van der Waals surface area (Å²) >= 11 is 11.1. The van der Waals surface area contributed by atoms with Crippen LogP contribution in [0, 0.1) is 12.7 Å². The number of anilines is 1. The summed E-state index contributed by atoms with van der Waals surface area (Å²) in [6.45, 7) is 3.58. The zero-order chi connectivity index (χ0) is 45.3. The third-order valence-corrected chi connectivity index (χ3v) is 11.6. The minimum Gasteiger partial charge on any atom is -0.478 e. The Bertz CT molecular complexity index is 3100. The van der Waals surface area contributed by atoms with Crippen LogP contribution in [0.15, 0.2) is 132 Å². The number of aromatic carboxylic acids is 1. The molecule has 1 aliphatic heterocycles. The lowest BCUT2D eigenvalue weighted by Gasteiger charge is -2.26. The van der Waals surface area contributed by atoms with Gasteiger partial charge >= 0.3 is 12.1 Å². The molecule has 8 aromatic rings. The Labute approximate surface area is 377 Å². The molecule has 6 aromatic carbocycles. The standard InChI is InChI=1S/C33H30N4O2.C17H11ClF4N2S/c1-4-9-30-35-31-21(2)18-24(32-34-27-12-7-8-13-28(27)36(32)3)19-29(31)37(30)20-22-14-16-23(17-15-22)25-10-5-6-11-26(25)33(38)39;18-10-5-6-14-12(7-10)16(11-3-1-2-4-13(11)19)23-8-15(25)24(14)9-17(20,21)22/h5-8,10-19H,4,9,20H2,1-3H3,(H,38,39);1-7H,8-9H2. The van der Waals surface area contributed by atoms with Gasteiger partial charge < -0.3 is 19.1 Å². The van der Waals surface area contributed by atoms with Crippen LogP contribution in [-0.4, -0.2) is 60.1 Å². The highest BCUT2D eigenvalue weighted by Crippen LogP contribution is 2.34. The quantitative estimate of drug-likeness (QED) is 0.115. The van der Waals surface area contributed by atoms with E-state index in [4.69, 9.17) is 33.8 Å². The van der Waals surface area contributed by atoms with Crippen molar-refractivity contribution in [1.82, 2.24) is 19.1 Å². The van der Waals surface area contributed by atoms with Gasteiger partial charge in [0.05, 0.1) is 45.6 Å². The van der Waals surface area contributed by atoms with Gasteiger partial charge in [0.15, 0.2) is 0 Å². The van der Waals surface area contributed by atoms with Crippen molar-refractivity contribution in [2.24, 2.45) is 12.0 Å². The number of nitrogens with zero attached hydrogens (tertiary/aromatic N) is 6. The van der Waals surface area contributed by atoms with E-state index in [0.29, 0.717) is 22.7 Å². The van der Waals surface area contributed by atoms with Gasteiger partial charge in [-0.2, -0.15) is 13.2 Å². The number of rotatable bonds is 9. The fourth-order valence-electron chi connectivity index (χ4n) is 8.08.